The van der Waals surface area contributed by atoms with Crippen molar-refractivity contribution in [3.05, 3.63) is 35.4 Å². The zero-order valence-electron chi connectivity index (χ0n) is 6.38. The van der Waals surface area contributed by atoms with Gasteiger partial charge in [0.05, 0.1) is 5.66 Å². The molecule has 0 aliphatic heterocycles. The normalized spacial score (nSPS) is 19.8. The van der Waals surface area contributed by atoms with Crippen LogP contribution in [0.25, 0.3) is 0 Å². The molecule has 2 heteroatoms. The van der Waals surface area contributed by atoms with Crippen molar-refractivity contribution in [3.8, 4) is 0 Å². The van der Waals surface area contributed by atoms with Crippen LogP contribution in [0, 0.1) is 0 Å². The molecule has 58 valence electrons. The molecule has 0 saturated carbocycles. The molecule has 0 saturated heterocycles. The largest absolute Gasteiger partial charge is 0.310 e. The molecule has 0 aromatic heterocycles. The number of nitrogens with two attached hydrogens (primary N) is 2. The highest BCUT2D eigenvalue weighted by Gasteiger charge is 2.29. The standard InChI is InChI=1S/C9H12N2/c10-9(11)6-5-7-3-1-2-4-8(7)9/h1-4H,5-6,10-11H2. The Labute approximate surface area is 66.2 Å². The van der Waals surface area contributed by atoms with E-state index in [1.165, 1.54) is 5.56 Å². The Balaban J connectivity index is 2.56. The minimum Gasteiger partial charge on any atom is -0.310 e. The monoisotopic (exact) mass is 148 g/mol. The number of fused-ring (bicyclic) bond motifs is 1. The van der Waals surface area contributed by atoms with Crippen molar-refractivity contribution in [1.29, 1.82) is 0 Å². The van der Waals surface area contributed by atoms with Gasteiger partial charge in [-0.2, -0.15) is 0 Å². The first kappa shape index (κ1) is 6.83. The van der Waals surface area contributed by atoms with Gasteiger partial charge in [-0.3, -0.25) is 0 Å². The third-order valence-electron chi connectivity index (χ3n) is 2.33. The van der Waals surface area contributed by atoms with Crippen LogP contribution in [0.5, 0.6) is 0 Å². The van der Waals surface area contributed by atoms with Gasteiger partial charge in [0.1, 0.15) is 0 Å². The Hall–Kier alpha value is -0.860. The van der Waals surface area contributed by atoms with Crippen LogP contribution >= 0.6 is 0 Å². The molecule has 4 N–H and O–H groups in total. The summed E-state index contributed by atoms with van der Waals surface area (Å²) in [5, 5.41) is 0. The molecule has 1 aliphatic rings. The molecule has 2 rings (SSSR count). The average Bonchev–Trinajstić information content (AvgIpc) is 2.29. The Kier molecular flexibility index (Phi) is 1.28. The summed E-state index contributed by atoms with van der Waals surface area (Å²) in [6.45, 7) is 0. The Morgan fingerprint density at radius 2 is 1.91 bits per heavy atom. The maximum atomic E-state index is 5.87. The van der Waals surface area contributed by atoms with Gasteiger partial charge in [-0.05, 0) is 24.0 Å². The quantitative estimate of drug-likeness (QED) is 0.532. The summed E-state index contributed by atoms with van der Waals surface area (Å²) in [4.78, 5) is 0. The molecular weight excluding hydrogens is 136 g/mol. The van der Waals surface area contributed by atoms with Gasteiger partial charge in [0.2, 0.25) is 0 Å². The van der Waals surface area contributed by atoms with Gasteiger partial charge >= 0.3 is 0 Å². The lowest BCUT2D eigenvalue weighted by Gasteiger charge is -2.18. The smallest absolute Gasteiger partial charge is 0.0905 e. The molecular formula is C9H12N2. The topological polar surface area (TPSA) is 52.0 Å². The number of rotatable bonds is 0. The fraction of sp³-hybridized carbons (Fsp3) is 0.333. The second-order valence-corrected chi connectivity index (χ2v) is 3.20. The van der Waals surface area contributed by atoms with E-state index in [0.717, 1.165) is 18.4 Å². The minimum atomic E-state index is -0.573. The molecule has 1 aromatic rings. The SMILES string of the molecule is NC1(N)CCc2ccccc21. The molecule has 0 fully saturated rings. The van der Waals surface area contributed by atoms with Crippen molar-refractivity contribution in [3.63, 3.8) is 0 Å². The summed E-state index contributed by atoms with van der Waals surface area (Å²) in [6.07, 6.45) is 1.88. The van der Waals surface area contributed by atoms with Crippen molar-refractivity contribution in [2.24, 2.45) is 11.5 Å². The van der Waals surface area contributed by atoms with Gasteiger partial charge in [-0.1, -0.05) is 24.3 Å². The highest BCUT2D eigenvalue weighted by Crippen LogP contribution is 2.29. The van der Waals surface area contributed by atoms with E-state index in [4.69, 9.17) is 11.5 Å². The Morgan fingerprint density at radius 3 is 2.64 bits per heavy atom. The fourth-order valence-corrected chi connectivity index (χ4v) is 1.67. The molecule has 11 heavy (non-hydrogen) atoms. The van der Waals surface area contributed by atoms with E-state index < -0.39 is 5.66 Å². The van der Waals surface area contributed by atoms with E-state index in [-0.39, 0.29) is 0 Å². The maximum absolute atomic E-state index is 5.87. The van der Waals surface area contributed by atoms with Crippen LogP contribution in [-0.4, -0.2) is 0 Å². The zero-order valence-corrected chi connectivity index (χ0v) is 6.38. The zero-order chi connectivity index (χ0) is 7.90. The molecule has 0 unspecified atom stereocenters. The molecule has 0 spiro atoms. The van der Waals surface area contributed by atoms with Crippen LogP contribution < -0.4 is 11.5 Å². The predicted octanol–water partition coefficient (Wildman–Crippen LogP) is 0.703. The van der Waals surface area contributed by atoms with E-state index in [0.29, 0.717) is 0 Å². The fourth-order valence-electron chi connectivity index (χ4n) is 1.67. The summed E-state index contributed by atoms with van der Waals surface area (Å²) in [5.74, 6) is 0. The van der Waals surface area contributed by atoms with Crippen molar-refractivity contribution < 1.29 is 0 Å². The Bertz CT molecular complexity index is 279. The Morgan fingerprint density at radius 1 is 1.18 bits per heavy atom. The van der Waals surface area contributed by atoms with Gasteiger partial charge in [-0.15, -0.1) is 0 Å². The average molecular weight is 148 g/mol. The van der Waals surface area contributed by atoms with Crippen LogP contribution in [0.1, 0.15) is 17.5 Å². The molecule has 0 radical (unpaired) electrons. The van der Waals surface area contributed by atoms with Crippen molar-refractivity contribution in [1.82, 2.24) is 0 Å². The van der Waals surface area contributed by atoms with Gasteiger partial charge in [0.25, 0.3) is 0 Å². The van der Waals surface area contributed by atoms with E-state index >= 15 is 0 Å². The molecule has 0 bridgehead atoms. The summed E-state index contributed by atoms with van der Waals surface area (Å²) >= 11 is 0. The van der Waals surface area contributed by atoms with Crippen molar-refractivity contribution in [2.75, 3.05) is 0 Å². The van der Waals surface area contributed by atoms with Crippen LogP contribution in [0.2, 0.25) is 0 Å². The van der Waals surface area contributed by atoms with E-state index in [2.05, 4.69) is 6.07 Å². The lowest BCUT2D eigenvalue weighted by molar-refractivity contribution is 0.463. The summed E-state index contributed by atoms with van der Waals surface area (Å²) in [7, 11) is 0. The van der Waals surface area contributed by atoms with Crippen molar-refractivity contribution >= 4 is 0 Å². The van der Waals surface area contributed by atoms with Crippen LogP contribution in [0.3, 0.4) is 0 Å². The van der Waals surface area contributed by atoms with Gasteiger partial charge in [-0.25, -0.2) is 0 Å². The molecule has 1 aromatic carbocycles. The number of benzene rings is 1. The van der Waals surface area contributed by atoms with Gasteiger partial charge in [0.15, 0.2) is 0 Å². The first-order valence-corrected chi connectivity index (χ1v) is 3.86. The molecule has 0 atom stereocenters. The summed E-state index contributed by atoms with van der Waals surface area (Å²) in [6, 6.07) is 8.12. The lowest BCUT2D eigenvalue weighted by Crippen LogP contribution is -2.43. The third kappa shape index (κ3) is 0.951. The molecule has 1 aliphatic carbocycles. The first-order valence-electron chi connectivity index (χ1n) is 3.86. The predicted molar refractivity (Wildman–Crippen MR) is 44.8 cm³/mol. The van der Waals surface area contributed by atoms with Gasteiger partial charge < -0.3 is 11.5 Å². The number of hydrogen-bond acceptors (Lipinski definition) is 2. The molecule has 0 amide bonds. The molecule has 0 heterocycles. The van der Waals surface area contributed by atoms with Gasteiger partial charge in [0, 0.05) is 0 Å². The van der Waals surface area contributed by atoms with Crippen LogP contribution in [0.4, 0.5) is 0 Å². The second kappa shape index (κ2) is 2.06. The highest BCUT2D eigenvalue weighted by atomic mass is 15.0. The highest BCUT2D eigenvalue weighted by molar-refractivity contribution is 5.37. The van der Waals surface area contributed by atoms with Crippen LogP contribution in [0.15, 0.2) is 24.3 Å². The third-order valence-corrected chi connectivity index (χ3v) is 2.33. The van der Waals surface area contributed by atoms with Crippen molar-refractivity contribution in [2.45, 2.75) is 18.5 Å². The first-order chi connectivity index (χ1) is 5.20. The van der Waals surface area contributed by atoms with E-state index in [9.17, 15) is 0 Å². The minimum absolute atomic E-state index is 0.573. The van der Waals surface area contributed by atoms with Crippen LogP contribution in [-0.2, 0) is 12.1 Å². The lowest BCUT2D eigenvalue weighted by atomic mass is 10.0. The summed E-state index contributed by atoms with van der Waals surface area (Å²) < 4.78 is 0. The second-order valence-electron chi connectivity index (χ2n) is 3.20. The van der Waals surface area contributed by atoms with E-state index in [1.807, 2.05) is 18.2 Å². The molecule has 2 nitrogen and oxygen atoms in total. The van der Waals surface area contributed by atoms with E-state index in [1.54, 1.807) is 0 Å². The summed E-state index contributed by atoms with van der Waals surface area (Å²) in [5.41, 5.74) is 13.6. The number of hydrogen-bond donors (Lipinski definition) is 2. The number of aryl methyl sites for hydroxylation is 1. The maximum Gasteiger partial charge on any atom is 0.0905 e.